The normalized spacial score (nSPS) is 13.5. The van der Waals surface area contributed by atoms with Gasteiger partial charge >= 0.3 is 0 Å². The minimum Gasteiger partial charge on any atom is -0.311 e. The van der Waals surface area contributed by atoms with E-state index in [-0.39, 0.29) is 18.1 Å². The summed E-state index contributed by atoms with van der Waals surface area (Å²) in [6.07, 6.45) is 2.58. The number of anilines is 1. The number of aromatic nitrogens is 3. The highest BCUT2D eigenvalue weighted by Gasteiger charge is 2.29. The van der Waals surface area contributed by atoms with Crippen LogP contribution in [0.5, 0.6) is 0 Å². The Morgan fingerprint density at radius 1 is 1.48 bits per heavy atom. The van der Waals surface area contributed by atoms with Gasteiger partial charge in [-0.2, -0.15) is 5.26 Å². The van der Waals surface area contributed by atoms with Gasteiger partial charge in [-0.25, -0.2) is 0 Å². The molecule has 0 saturated heterocycles. The van der Waals surface area contributed by atoms with Gasteiger partial charge in [-0.15, -0.1) is 10.2 Å². The minimum atomic E-state index is -0.0847. The van der Waals surface area contributed by atoms with Crippen molar-refractivity contribution in [3.05, 3.63) is 35.1 Å². The number of benzene rings is 1. The standard InChI is InChI=1S/C17H18ClN5OS/c1-22-16(12-6-7-12)20-21-17(22)25-11-15(24)23(9-3-8-19)14-5-2-4-13(18)10-14/h2,4-5,10,12H,3,6-7,9,11H2,1H3. The maximum absolute atomic E-state index is 12.7. The van der Waals surface area contributed by atoms with Crippen LogP contribution in [0, 0.1) is 11.3 Å². The van der Waals surface area contributed by atoms with Crippen LogP contribution in [0.2, 0.25) is 5.02 Å². The summed E-state index contributed by atoms with van der Waals surface area (Å²) in [5.74, 6) is 1.65. The maximum Gasteiger partial charge on any atom is 0.237 e. The smallest absolute Gasteiger partial charge is 0.237 e. The number of amides is 1. The number of hydrogen-bond acceptors (Lipinski definition) is 5. The molecule has 25 heavy (non-hydrogen) atoms. The molecule has 0 bridgehead atoms. The lowest BCUT2D eigenvalue weighted by molar-refractivity contribution is -0.116. The zero-order chi connectivity index (χ0) is 17.8. The van der Waals surface area contributed by atoms with Gasteiger partial charge in [0, 0.05) is 30.2 Å². The van der Waals surface area contributed by atoms with E-state index in [1.165, 1.54) is 11.8 Å². The van der Waals surface area contributed by atoms with Crippen LogP contribution in [0.1, 0.15) is 31.0 Å². The molecular formula is C17H18ClN5OS. The summed E-state index contributed by atoms with van der Waals surface area (Å²) in [7, 11) is 1.94. The fourth-order valence-corrected chi connectivity index (χ4v) is 3.54. The Labute approximate surface area is 155 Å². The average Bonchev–Trinajstić information content (AvgIpc) is 3.37. The van der Waals surface area contributed by atoms with E-state index in [0.717, 1.165) is 23.8 Å². The van der Waals surface area contributed by atoms with E-state index in [2.05, 4.69) is 16.3 Å². The van der Waals surface area contributed by atoms with Gasteiger partial charge in [0.15, 0.2) is 5.16 Å². The van der Waals surface area contributed by atoms with E-state index >= 15 is 0 Å². The Hall–Kier alpha value is -2.04. The van der Waals surface area contributed by atoms with Gasteiger partial charge in [0.25, 0.3) is 0 Å². The topological polar surface area (TPSA) is 74.8 Å². The Morgan fingerprint density at radius 3 is 2.96 bits per heavy atom. The van der Waals surface area contributed by atoms with Crippen LogP contribution in [-0.2, 0) is 11.8 Å². The molecule has 1 aromatic heterocycles. The fraction of sp³-hybridized carbons (Fsp3) is 0.412. The molecule has 130 valence electrons. The highest BCUT2D eigenvalue weighted by molar-refractivity contribution is 7.99. The monoisotopic (exact) mass is 375 g/mol. The molecule has 1 aliphatic carbocycles. The van der Waals surface area contributed by atoms with E-state index in [4.69, 9.17) is 16.9 Å². The van der Waals surface area contributed by atoms with Crippen molar-refractivity contribution >= 4 is 35.0 Å². The molecule has 8 heteroatoms. The van der Waals surface area contributed by atoms with Crippen molar-refractivity contribution in [3.8, 4) is 6.07 Å². The predicted molar refractivity (Wildman–Crippen MR) is 97.7 cm³/mol. The van der Waals surface area contributed by atoms with Crippen molar-refractivity contribution in [3.63, 3.8) is 0 Å². The largest absolute Gasteiger partial charge is 0.311 e. The molecule has 0 radical (unpaired) electrons. The number of carbonyl (C=O) groups is 1. The Bertz CT molecular complexity index is 812. The van der Waals surface area contributed by atoms with Crippen LogP contribution in [0.15, 0.2) is 29.4 Å². The zero-order valence-electron chi connectivity index (χ0n) is 13.9. The summed E-state index contributed by atoms with van der Waals surface area (Å²) in [4.78, 5) is 14.3. The maximum atomic E-state index is 12.7. The lowest BCUT2D eigenvalue weighted by Gasteiger charge is -2.21. The van der Waals surface area contributed by atoms with Crippen LogP contribution in [0.3, 0.4) is 0 Å². The van der Waals surface area contributed by atoms with Crippen LogP contribution < -0.4 is 4.90 Å². The Morgan fingerprint density at radius 2 is 2.28 bits per heavy atom. The zero-order valence-corrected chi connectivity index (χ0v) is 15.4. The number of rotatable bonds is 7. The van der Waals surface area contributed by atoms with Gasteiger partial charge in [0.2, 0.25) is 5.91 Å². The number of nitrogens with zero attached hydrogens (tertiary/aromatic N) is 5. The molecule has 1 amide bonds. The third-order valence-corrected chi connectivity index (χ3v) is 5.24. The minimum absolute atomic E-state index is 0.0847. The van der Waals surface area contributed by atoms with Gasteiger partial charge in [0.05, 0.1) is 18.2 Å². The highest BCUT2D eigenvalue weighted by atomic mass is 35.5. The molecule has 1 heterocycles. The highest BCUT2D eigenvalue weighted by Crippen LogP contribution is 2.39. The molecule has 1 fully saturated rings. The van der Waals surface area contributed by atoms with Crippen molar-refractivity contribution in [2.75, 3.05) is 17.2 Å². The first-order valence-electron chi connectivity index (χ1n) is 8.05. The first-order valence-corrected chi connectivity index (χ1v) is 9.41. The molecule has 1 saturated carbocycles. The molecule has 6 nitrogen and oxygen atoms in total. The molecule has 2 aromatic rings. The molecular weight excluding hydrogens is 358 g/mol. The van der Waals surface area contributed by atoms with Crippen LogP contribution in [-0.4, -0.2) is 33.0 Å². The second-order valence-electron chi connectivity index (χ2n) is 5.90. The van der Waals surface area contributed by atoms with Crippen molar-refractivity contribution < 1.29 is 4.79 Å². The third-order valence-electron chi connectivity index (χ3n) is 4.00. The molecule has 0 aliphatic heterocycles. The van der Waals surface area contributed by atoms with Gasteiger partial charge in [-0.1, -0.05) is 29.4 Å². The summed E-state index contributed by atoms with van der Waals surface area (Å²) in [6.45, 7) is 0.336. The second kappa shape index (κ2) is 7.89. The molecule has 0 unspecified atom stereocenters. The third kappa shape index (κ3) is 4.33. The van der Waals surface area contributed by atoms with Gasteiger partial charge in [-0.3, -0.25) is 4.79 Å². The average molecular weight is 376 g/mol. The van der Waals surface area contributed by atoms with Crippen LogP contribution in [0.25, 0.3) is 0 Å². The molecule has 0 spiro atoms. The van der Waals surface area contributed by atoms with Crippen molar-refractivity contribution in [2.45, 2.75) is 30.3 Å². The van der Waals surface area contributed by atoms with Crippen LogP contribution in [0.4, 0.5) is 5.69 Å². The number of hydrogen-bond donors (Lipinski definition) is 0. The number of nitriles is 1. The quantitative estimate of drug-likeness (QED) is 0.693. The molecule has 3 rings (SSSR count). The van der Waals surface area contributed by atoms with Crippen molar-refractivity contribution in [1.29, 1.82) is 5.26 Å². The van der Waals surface area contributed by atoms with Crippen LogP contribution >= 0.6 is 23.4 Å². The van der Waals surface area contributed by atoms with E-state index in [9.17, 15) is 4.79 Å². The van der Waals surface area contributed by atoms with Gasteiger partial charge in [0.1, 0.15) is 5.82 Å². The van der Waals surface area contributed by atoms with Gasteiger partial charge < -0.3 is 9.47 Å². The summed E-state index contributed by atoms with van der Waals surface area (Å²) in [5, 5.41) is 18.6. The Kier molecular flexibility index (Phi) is 5.61. The number of thioether (sulfide) groups is 1. The molecule has 0 atom stereocenters. The second-order valence-corrected chi connectivity index (χ2v) is 7.28. The van der Waals surface area contributed by atoms with E-state index in [1.54, 1.807) is 23.1 Å². The lowest BCUT2D eigenvalue weighted by Crippen LogP contribution is -2.33. The fourth-order valence-electron chi connectivity index (χ4n) is 2.56. The predicted octanol–water partition coefficient (Wildman–Crippen LogP) is 3.38. The number of carbonyl (C=O) groups excluding carboxylic acids is 1. The van der Waals surface area contributed by atoms with E-state index in [1.807, 2.05) is 17.7 Å². The SMILES string of the molecule is Cn1c(SCC(=O)N(CCC#N)c2cccc(Cl)c2)nnc1C1CC1. The van der Waals surface area contributed by atoms with E-state index in [0.29, 0.717) is 23.2 Å². The van der Waals surface area contributed by atoms with E-state index < -0.39 is 0 Å². The summed E-state index contributed by atoms with van der Waals surface area (Å²) in [6, 6.07) is 9.18. The summed E-state index contributed by atoms with van der Waals surface area (Å²) < 4.78 is 1.97. The van der Waals surface area contributed by atoms with Crippen molar-refractivity contribution in [1.82, 2.24) is 14.8 Å². The molecule has 0 N–H and O–H groups in total. The first-order chi connectivity index (χ1) is 12.1. The first kappa shape index (κ1) is 17.8. The number of halogens is 1. The summed E-state index contributed by atoms with van der Waals surface area (Å²) >= 11 is 7.39. The molecule has 1 aromatic carbocycles. The molecule has 1 aliphatic rings. The lowest BCUT2D eigenvalue weighted by atomic mass is 10.2. The Balaban J connectivity index is 1.69. The summed E-state index contributed by atoms with van der Waals surface area (Å²) in [5.41, 5.74) is 0.699. The van der Waals surface area contributed by atoms with Crippen molar-refractivity contribution in [2.24, 2.45) is 7.05 Å². The van der Waals surface area contributed by atoms with Gasteiger partial charge in [-0.05, 0) is 31.0 Å².